The van der Waals surface area contributed by atoms with Crippen molar-refractivity contribution in [3.8, 4) is 23.0 Å². The highest BCUT2D eigenvalue weighted by Gasteiger charge is 2.39. The molecule has 4 aromatic carbocycles. The van der Waals surface area contributed by atoms with E-state index in [1.165, 1.54) is 0 Å². The molecule has 5 rings (SSSR count). The first kappa shape index (κ1) is 31.3. The Kier molecular flexibility index (Phi) is 8.98. The molecule has 224 valence electrons. The summed E-state index contributed by atoms with van der Waals surface area (Å²) in [6.07, 6.45) is 0. The van der Waals surface area contributed by atoms with Gasteiger partial charge in [-0.1, -0.05) is 36.4 Å². The van der Waals surface area contributed by atoms with Crippen molar-refractivity contribution in [3.63, 3.8) is 0 Å². The SMILES string of the molecule is CC(C)N(C(C)C)P1(=S)Oc2ccc3cccc(c3c2)OP(=S)(N(C(C)C)C(C)C)Oc2ccc3cccc(c3c2)O1. The Morgan fingerprint density at radius 3 is 1.19 bits per heavy atom. The fourth-order valence-electron chi connectivity index (χ4n) is 5.78. The summed E-state index contributed by atoms with van der Waals surface area (Å²) in [5.74, 6) is 2.52. The van der Waals surface area contributed by atoms with Crippen LogP contribution in [0, 0.1) is 0 Å². The summed E-state index contributed by atoms with van der Waals surface area (Å²) in [6.45, 7) is 10.8. The Morgan fingerprint density at radius 2 is 0.857 bits per heavy atom. The first-order valence-corrected chi connectivity index (χ1v) is 19.6. The van der Waals surface area contributed by atoms with Crippen LogP contribution in [0.5, 0.6) is 23.0 Å². The van der Waals surface area contributed by atoms with Crippen molar-refractivity contribution in [2.24, 2.45) is 0 Å². The second-order valence-corrected chi connectivity index (χ2v) is 18.0. The van der Waals surface area contributed by atoms with E-state index in [-0.39, 0.29) is 24.2 Å². The van der Waals surface area contributed by atoms with Gasteiger partial charge in [0.2, 0.25) is 0 Å². The van der Waals surface area contributed by atoms with Crippen molar-refractivity contribution >= 4 is 58.4 Å². The molecule has 0 spiro atoms. The van der Waals surface area contributed by atoms with Crippen LogP contribution in [-0.4, -0.2) is 33.5 Å². The Hall–Kier alpha value is -2.18. The zero-order valence-electron chi connectivity index (χ0n) is 25.5. The maximum Gasteiger partial charge on any atom is 0.368 e. The summed E-state index contributed by atoms with van der Waals surface area (Å²) >= 11 is 12.7. The van der Waals surface area contributed by atoms with Gasteiger partial charge in [-0.2, -0.15) is 0 Å². The van der Waals surface area contributed by atoms with Crippen LogP contribution >= 0.6 is 13.3 Å². The molecule has 0 aromatic heterocycles. The molecular formula is C32H40N2O4P2S2. The van der Waals surface area contributed by atoms with Crippen molar-refractivity contribution < 1.29 is 18.1 Å². The minimum atomic E-state index is -3.09. The molecule has 0 amide bonds. The lowest BCUT2D eigenvalue weighted by Crippen LogP contribution is -2.37. The van der Waals surface area contributed by atoms with E-state index in [1.807, 2.05) is 72.8 Å². The third kappa shape index (κ3) is 6.08. The maximum absolute atomic E-state index is 6.86. The van der Waals surface area contributed by atoms with E-state index in [4.69, 9.17) is 41.7 Å². The average Bonchev–Trinajstić information content (AvgIpc) is 2.87. The van der Waals surface area contributed by atoms with E-state index in [1.54, 1.807) is 0 Å². The van der Waals surface area contributed by atoms with E-state index in [0.29, 0.717) is 23.0 Å². The van der Waals surface area contributed by atoms with Crippen molar-refractivity contribution in [1.82, 2.24) is 9.34 Å². The molecule has 2 unspecified atom stereocenters. The van der Waals surface area contributed by atoms with Crippen molar-refractivity contribution in [2.45, 2.75) is 79.6 Å². The molecule has 0 saturated heterocycles. The lowest BCUT2D eigenvalue weighted by atomic mass is 10.1. The Bertz CT molecular complexity index is 1570. The van der Waals surface area contributed by atoms with Gasteiger partial charge >= 0.3 is 13.3 Å². The lowest BCUT2D eigenvalue weighted by Gasteiger charge is -2.40. The molecule has 4 bridgehead atoms. The average molecular weight is 643 g/mol. The number of rotatable bonds is 6. The third-order valence-electron chi connectivity index (χ3n) is 7.18. The van der Waals surface area contributed by atoms with E-state index in [9.17, 15) is 0 Å². The van der Waals surface area contributed by atoms with Crippen LogP contribution < -0.4 is 18.1 Å². The monoisotopic (exact) mass is 642 g/mol. The summed E-state index contributed by atoms with van der Waals surface area (Å²) in [7, 11) is 0. The molecule has 0 saturated carbocycles. The predicted molar refractivity (Wildman–Crippen MR) is 183 cm³/mol. The number of nitrogens with zero attached hydrogens (tertiary/aromatic N) is 2. The summed E-state index contributed by atoms with van der Waals surface area (Å²) in [5.41, 5.74) is 0. The van der Waals surface area contributed by atoms with Gasteiger partial charge in [-0.3, -0.25) is 0 Å². The second kappa shape index (κ2) is 12.1. The number of hydrogen-bond donors (Lipinski definition) is 0. The molecule has 2 atom stereocenters. The van der Waals surface area contributed by atoms with Crippen LogP contribution in [-0.2, 0) is 23.6 Å². The van der Waals surface area contributed by atoms with Crippen LogP contribution in [0.1, 0.15) is 55.4 Å². The second-order valence-electron chi connectivity index (χ2n) is 11.7. The van der Waals surface area contributed by atoms with E-state index in [0.717, 1.165) is 21.5 Å². The molecule has 1 aliphatic rings. The fraction of sp³-hybridized carbons (Fsp3) is 0.375. The van der Waals surface area contributed by atoms with Crippen LogP contribution in [0.15, 0.2) is 72.8 Å². The number of hydrogen-bond acceptors (Lipinski definition) is 6. The third-order valence-corrected chi connectivity index (χ3v) is 13.9. The van der Waals surface area contributed by atoms with Crippen molar-refractivity contribution in [1.29, 1.82) is 0 Å². The van der Waals surface area contributed by atoms with E-state index >= 15 is 0 Å². The van der Waals surface area contributed by atoms with Gasteiger partial charge in [-0.15, -0.1) is 0 Å². The molecule has 0 radical (unpaired) electrons. The quantitative estimate of drug-likeness (QED) is 0.193. The molecule has 6 nitrogen and oxygen atoms in total. The van der Waals surface area contributed by atoms with Gasteiger partial charge in [-0.25, -0.2) is 9.34 Å². The summed E-state index contributed by atoms with van der Waals surface area (Å²) in [5, 5.41) is 3.74. The summed E-state index contributed by atoms with van der Waals surface area (Å²) in [6, 6.07) is 24.2. The molecular weight excluding hydrogens is 602 g/mol. The van der Waals surface area contributed by atoms with Gasteiger partial charge in [0.25, 0.3) is 0 Å². The minimum Gasteiger partial charge on any atom is -0.424 e. The highest BCUT2D eigenvalue weighted by molar-refractivity contribution is 8.09. The van der Waals surface area contributed by atoms with Gasteiger partial charge in [0.1, 0.15) is 23.0 Å². The molecule has 10 heteroatoms. The standard InChI is InChI=1S/C32H40N2O4P2S2/c1-21(2)33(22(3)4)39(41)35-27-17-15-26-12-10-14-32(30(26)19-27)38-40(42,34(23(5)6)24(7)8)36-28-18-16-25-11-9-13-31(37-39)29(25)20-28/h9-24H,1-8H3. The Morgan fingerprint density at radius 1 is 0.500 bits per heavy atom. The topological polar surface area (TPSA) is 43.4 Å². The zero-order chi connectivity index (χ0) is 30.4. The first-order chi connectivity index (χ1) is 19.8. The van der Waals surface area contributed by atoms with Crippen molar-refractivity contribution in [2.75, 3.05) is 0 Å². The summed E-state index contributed by atoms with van der Waals surface area (Å²) < 4.78 is 31.6. The largest absolute Gasteiger partial charge is 0.424 e. The lowest BCUT2D eigenvalue weighted by molar-refractivity contribution is 0.263. The van der Waals surface area contributed by atoms with Crippen LogP contribution in [0.2, 0.25) is 0 Å². The highest BCUT2D eigenvalue weighted by atomic mass is 32.5. The highest BCUT2D eigenvalue weighted by Crippen LogP contribution is 2.58. The maximum atomic E-state index is 6.86. The van der Waals surface area contributed by atoms with Crippen molar-refractivity contribution in [3.05, 3.63) is 72.8 Å². The van der Waals surface area contributed by atoms with Gasteiger partial charge < -0.3 is 18.1 Å². The molecule has 42 heavy (non-hydrogen) atoms. The van der Waals surface area contributed by atoms with Gasteiger partial charge in [0.05, 0.1) is 0 Å². The molecule has 0 aliphatic carbocycles. The molecule has 1 heterocycles. The molecule has 0 N–H and O–H groups in total. The van der Waals surface area contributed by atoms with Crippen LogP contribution in [0.3, 0.4) is 0 Å². The predicted octanol–water partition coefficient (Wildman–Crippen LogP) is 9.91. The van der Waals surface area contributed by atoms with Crippen LogP contribution in [0.25, 0.3) is 21.5 Å². The molecule has 0 fully saturated rings. The smallest absolute Gasteiger partial charge is 0.368 e. The molecule has 4 aromatic rings. The Balaban J connectivity index is 1.80. The molecule has 1 aliphatic heterocycles. The number of benzene rings is 4. The van der Waals surface area contributed by atoms with E-state index < -0.39 is 13.3 Å². The Labute approximate surface area is 260 Å². The normalized spacial score (nSPS) is 20.9. The van der Waals surface area contributed by atoms with Gasteiger partial charge in [0, 0.05) is 58.6 Å². The minimum absolute atomic E-state index is 0.0895. The number of fused-ring (bicyclic) bond motifs is 2. The zero-order valence-corrected chi connectivity index (χ0v) is 28.9. The first-order valence-electron chi connectivity index (χ1n) is 14.4. The fourth-order valence-corrected chi connectivity index (χ4v) is 13.3. The summed E-state index contributed by atoms with van der Waals surface area (Å²) in [4.78, 5) is 0. The van der Waals surface area contributed by atoms with E-state index in [2.05, 4.69) is 64.7 Å². The van der Waals surface area contributed by atoms with Gasteiger partial charge in [-0.05, 0) is 103 Å². The van der Waals surface area contributed by atoms with Crippen LogP contribution in [0.4, 0.5) is 0 Å². The van der Waals surface area contributed by atoms with Gasteiger partial charge in [0.15, 0.2) is 0 Å².